The highest BCUT2D eigenvalue weighted by Gasteiger charge is 2.13. The SMILES string of the molecule is Cc1ccccc1CCNS(=O)(=O)c1ccc(N)nc1. The highest BCUT2D eigenvalue weighted by molar-refractivity contribution is 7.89. The number of pyridine rings is 1. The van der Waals surface area contributed by atoms with Crippen molar-refractivity contribution in [3.8, 4) is 0 Å². The van der Waals surface area contributed by atoms with E-state index in [9.17, 15) is 8.42 Å². The number of anilines is 1. The molecule has 2 rings (SSSR count). The zero-order valence-electron chi connectivity index (χ0n) is 11.2. The fourth-order valence-electron chi connectivity index (χ4n) is 1.84. The van der Waals surface area contributed by atoms with Gasteiger partial charge in [0.05, 0.1) is 0 Å². The summed E-state index contributed by atoms with van der Waals surface area (Å²) in [6.07, 6.45) is 1.90. The normalized spacial score (nSPS) is 11.4. The molecule has 0 aliphatic heterocycles. The molecule has 0 unspecified atom stereocenters. The number of nitrogens with two attached hydrogens (primary N) is 1. The first-order chi connectivity index (χ1) is 9.49. The lowest BCUT2D eigenvalue weighted by molar-refractivity contribution is 0.581. The van der Waals surface area contributed by atoms with Crippen molar-refractivity contribution in [1.82, 2.24) is 9.71 Å². The monoisotopic (exact) mass is 291 g/mol. The number of aromatic nitrogens is 1. The van der Waals surface area contributed by atoms with E-state index in [1.54, 1.807) is 0 Å². The van der Waals surface area contributed by atoms with Gasteiger partial charge in [-0.3, -0.25) is 0 Å². The topological polar surface area (TPSA) is 85.1 Å². The first-order valence-corrected chi connectivity index (χ1v) is 7.73. The Kier molecular flexibility index (Phi) is 4.36. The quantitative estimate of drug-likeness (QED) is 0.874. The van der Waals surface area contributed by atoms with E-state index in [2.05, 4.69) is 9.71 Å². The van der Waals surface area contributed by atoms with Gasteiger partial charge in [0.1, 0.15) is 10.7 Å². The van der Waals surface area contributed by atoms with Crippen molar-refractivity contribution in [3.05, 3.63) is 53.7 Å². The van der Waals surface area contributed by atoms with Gasteiger partial charge in [0, 0.05) is 12.7 Å². The number of nitrogens with one attached hydrogen (secondary N) is 1. The molecule has 3 N–H and O–H groups in total. The maximum absolute atomic E-state index is 12.0. The van der Waals surface area contributed by atoms with Crippen LogP contribution in [-0.4, -0.2) is 19.9 Å². The molecule has 6 heteroatoms. The van der Waals surface area contributed by atoms with Crippen LogP contribution in [0.3, 0.4) is 0 Å². The second-order valence-corrected chi connectivity index (χ2v) is 6.26. The molecule has 2 aromatic rings. The van der Waals surface area contributed by atoms with Crippen molar-refractivity contribution in [1.29, 1.82) is 0 Å². The van der Waals surface area contributed by atoms with Crippen molar-refractivity contribution in [3.63, 3.8) is 0 Å². The third-order valence-corrected chi connectivity index (χ3v) is 4.46. The molecule has 1 heterocycles. The summed E-state index contributed by atoms with van der Waals surface area (Å²) >= 11 is 0. The standard InChI is InChI=1S/C14H17N3O2S/c1-11-4-2-3-5-12(11)8-9-17-20(18,19)13-6-7-14(15)16-10-13/h2-7,10,17H,8-9H2,1H3,(H2,15,16). The third-order valence-electron chi connectivity index (χ3n) is 3.02. The van der Waals surface area contributed by atoms with Gasteiger partial charge in [-0.1, -0.05) is 24.3 Å². The van der Waals surface area contributed by atoms with Crippen LogP contribution >= 0.6 is 0 Å². The van der Waals surface area contributed by atoms with Crippen molar-refractivity contribution < 1.29 is 8.42 Å². The van der Waals surface area contributed by atoms with Crippen LogP contribution in [0.4, 0.5) is 5.82 Å². The molecule has 0 aliphatic rings. The molecular formula is C14H17N3O2S. The number of benzene rings is 1. The molecule has 1 aromatic carbocycles. The molecule has 0 saturated carbocycles. The van der Waals surface area contributed by atoms with Gasteiger partial charge in [-0.05, 0) is 36.6 Å². The van der Waals surface area contributed by atoms with E-state index in [4.69, 9.17) is 5.73 Å². The van der Waals surface area contributed by atoms with Gasteiger partial charge in [-0.15, -0.1) is 0 Å². The number of aryl methyl sites for hydroxylation is 1. The van der Waals surface area contributed by atoms with E-state index in [0.717, 1.165) is 11.1 Å². The number of hydrogen-bond acceptors (Lipinski definition) is 4. The Hall–Kier alpha value is -1.92. The highest BCUT2D eigenvalue weighted by atomic mass is 32.2. The van der Waals surface area contributed by atoms with E-state index in [1.165, 1.54) is 18.3 Å². The molecule has 0 fully saturated rings. The summed E-state index contributed by atoms with van der Waals surface area (Å²) in [5, 5.41) is 0. The zero-order valence-corrected chi connectivity index (χ0v) is 12.0. The Balaban J connectivity index is 2.00. The van der Waals surface area contributed by atoms with Gasteiger partial charge in [0.25, 0.3) is 0 Å². The molecule has 0 bridgehead atoms. The second kappa shape index (κ2) is 6.02. The van der Waals surface area contributed by atoms with Crippen LogP contribution < -0.4 is 10.5 Å². The Morgan fingerprint density at radius 3 is 2.60 bits per heavy atom. The van der Waals surface area contributed by atoms with Crippen LogP contribution in [0.15, 0.2) is 47.5 Å². The summed E-state index contributed by atoms with van der Waals surface area (Å²) < 4.78 is 26.6. The van der Waals surface area contributed by atoms with Gasteiger partial charge >= 0.3 is 0 Å². The van der Waals surface area contributed by atoms with Gasteiger partial charge in [0.15, 0.2) is 0 Å². The summed E-state index contributed by atoms with van der Waals surface area (Å²) in [5.41, 5.74) is 7.72. The maximum atomic E-state index is 12.0. The van der Waals surface area contributed by atoms with Crippen LogP contribution in [-0.2, 0) is 16.4 Å². The minimum Gasteiger partial charge on any atom is -0.384 e. The minimum atomic E-state index is -3.53. The fourth-order valence-corrected chi connectivity index (χ4v) is 2.82. The number of rotatable bonds is 5. The molecule has 1 aromatic heterocycles. The molecular weight excluding hydrogens is 274 g/mol. The summed E-state index contributed by atoms with van der Waals surface area (Å²) in [4.78, 5) is 3.91. The van der Waals surface area contributed by atoms with Crippen molar-refractivity contribution >= 4 is 15.8 Å². The van der Waals surface area contributed by atoms with Gasteiger partial charge in [-0.25, -0.2) is 18.1 Å². The molecule has 0 aliphatic carbocycles. The van der Waals surface area contributed by atoms with Gasteiger partial charge in [-0.2, -0.15) is 0 Å². The van der Waals surface area contributed by atoms with Gasteiger partial charge < -0.3 is 5.73 Å². The molecule has 0 amide bonds. The molecule has 106 valence electrons. The van der Waals surface area contributed by atoms with Crippen molar-refractivity contribution in [2.24, 2.45) is 0 Å². The van der Waals surface area contributed by atoms with E-state index in [1.807, 2.05) is 31.2 Å². The van der Waals surface area contributed by atoms with Crippen LogP contribution in [0, 0.1) is 6.92 Å². The maximum Gasteiger partial charge on any atom is 0.242 e. The number of nitrogen functional groups attached to an aromatic ring is 1. The lowest BCUT2D eigenvalue weighted by Gasteiger charge is -2.08. The fraction of sp³-hybridized carbons (Fsp3) is 0.214. The number of hydrogen-bond donors (Lipinski definition) is 2. The Labute approximate surface area is 118 Å². The number of sulfonamides is 1. The summed E-state index contributed by atoms with van der Waals surface area (Å²) in [5.74, 6) is 0.295. The van der Waals surface area contributed by atoms with Crippen molar-refractivity contribution in [2.45, 2.75) is 18.2 Å². The Bertz CT molecular complexity index is 682. The average molecular weight is 291 g/mol. The Morgan fingerprint density at radius 2 is 1.95 bits per heavy atom. The van der Waals surface area contributed by atoms with E-state index >= 15 is 0 Å². The van der Waals surface area contributed by atoms with Crippen LogP contribution in [0.25, 0.3) is 0 Å². The first kappa shape index (κ1) is 14.5. The molecule has 0 radical (unpaired) electrons. The smallest absolute Gasteiger partial charge is 0.242 e. The largest absolute Gasteiger partial charge is 0.384 e. The van der Waals surface area contributed by atoms with Crippen LogP contribution in [0.2, 0.25) is 0 Å². The highest BCUT2D eigenvalue weighted by Crippen LogP contribution is 2.10. The average Bonchev–Trinajstić information content (AvgIpc) is 2.41. The second-order valence-electron chi connectivity index (χ2n) is 4.49. The van der Waals surface area contributed by atoms with Crippen molar-refractivity contribution in [2.75, 3.05) is 12.3 Å². The van der Waals surface area contributed by atoms with Gasteiger partial charge in [0.2, 0.25) is 10.0 Å². The predicted octanol–water partition coefficient (Wildman–Crippen LogP) is 1.49. The zero-order chi connectivity index (χ0) is 14.6. The Morgan fingerprint density at radius 1 is 1.20 bits per heavy atom. The van der Waals surface area contributed by atoms with Crippen LogP contribution in [0.5, 0.6) is 0 Å². The summed E-state index contributed by atoms with van der Waals surface area (Å²) in [7, 11) is -3.53. The lowest BCUT2D eigenvalue weighted by Crippen LogP contribution is -2.26. The van der Waals surface area contributed by atoms with E-state index < -0.39 is 10.0 Å². The summed E-state index contributed by atoms with van der Waals surface area (Å²) in [6.45, 7) is 2.35. The molecule has 0 saturated heterocycles. The van der Waals surface area contributed by atoms with E-state index in [0.29, 0.717) is 18.8 Å². The predicted molar refractivity (Wildman–Crippen MR) is 78.7 cm³/mol. The molecule has 5 nitrogen and oxygen atoms in total. The minimum absolute atomic E-state index is 0.122. The van der Waals surface area contributed by atoms with Crippen LogP contribution in [0.1, 0.15) is 11.1 Å². The third kappa shape index (κ3) is 3.55. The summed E-state index contributed by atoms with van der Waals surface area (Å²) in [6, 6.07) is 10.8. The molecule has 20 heavy (non-hydrogen) atoms. The lowest BCUT2D eigenvalue weighted by atomic mass is 10.1. The number of nitrogens with zero attached hydrogens (tertiary/aromatic N) is 1. The first-order valence-electron chi connectivity index (χ1n) is 6.25. The molecule has 0 atom stereocenters. The van der Waals surface area contributed by atoms with E-state index in [-0.39, 0.29) is 4.90 Å². The molecule has 0 spiro atoms.